The van der Waals surface area contributed by atoms with Crippen LogP contribution in [0.3, 0.4) is 0 Å². The van der Waals surface area contributed by atoms with E-state index in [-0.39, 0.29) is 43.9 Å². The summed E-state index contributed by atoms with van der Waals surface area (Å²) < 4.78 is 77.3. The van der Waals surface area contributed by atoms with Gasteiger partial charge in [-0.1, -0.05) is 12.1 Å². The van der Waals surface area contributed by atoms with E-state index in [1.807, 2.05) is 9.80 Å². The van der Waals surface area contributed by atoms with E-state index in [2.05, 4.69) is 4.98 Å². The monoisotopic (exact) mass is 516 g/mol. The zero-order valence-corrected chi connectivity index (χ0v) is 19.3. The van der Waals surface area contributed by atoms with Crippen LogP contribution in [0.5, 0.6) is 0 Å². The second-order valence-electron chi connectivity index (χ2n) is 9.16. The lowest BCUT2D eigenvalue weighted by Crippen LogP contribution is -2.52. The molecule has 4 rings (SSSR count). The fourth-order valence-electron chi connectivity index (χ4n) is 4.57. The molecule has 36 heavy (non-hydrogen) atoms. The van der Waals surface area contributed by atoms with Gasteiger partial charge in [0.25, 0.3) is 0 Å². The Morgan fingerprint density at radius 3 is 2.08 bits per heavy atom. The molecule has 0 unspecified atom stereocenters. The topological polar surface area (TPSA) is 59.9 Å². The summed E-state index contributed by atoms with van der Waals surface area (Å²) in [6, 6.07) is 6.99. The molecule has 6 nitrogen and oxygen atoms in total. The SMILES string of the molecule is O=C(CN1CCN(c2ccc(C(F)(F)F)cn2)CC1)N1CCC(O)(c2cccc(C(F)(F)F)c2)CC1. The van der Waals surface area contributed by atoms with Gasteiger partial charge < -0.3 is 14.9 Å². The normalized spacial score (nSPS) is 19.4. The number of pyridine rings is 1. The lowest BCUT2D eigenvalue weighted by molar-refractivity contribution is -0.139. The molecule has 2 aromatic rings. The van der Waals surface area contributed by atoms with Crippen molar-refractivity contribution in [2.45, 2.75) is 30.8 Å². The molecule has 0 atom stereocenters. The van der Waals surface area contributed by atoms with Crippen LogP contribution in [0.2, 0.25) is 0 Å². The van der Waals surface area contributed by atoms with Crippen LogP contribution in [0.4, 0.5) is 32.2 Å². The molecule has 1 amide bonds. The number of piperazine rings is 1. The lowest BCUT2D eigenvalue weighted by atomic mass is 9.83. The maximum Gasteiger partial charge on any atom is 0.417 e. The second-order valence-corrected chi connectivity index (χ2v) is 9.16. The third-order valence-electron chi connectivity index (χ3n) is 6.80. The van der Waals surface area contributed by atoms with E-state index in [9.17, 15) is 36.2 Å². The smallest absolute Gasteiger partial charge is 0.385 e. The molecule has 196 valence electrons. The number of halogens is 6. The van der Waals surface area contributed by atoms with Gasteiger partial charge in [0.1, 0.15) is 5.82 Å². The van der Waals surface area contributed by atoms with Crippen LogP contribution in [0.15, 0.2) is 42.6 Å². The van der Waals surface area contributed by atoms with Crippen molar-refractivity contribution in [2.75, 3.05) is 50.7 Å². The molecule has 0 spiro atoms. The number of hydrogen-bond donors (Lipinski definition) is 1. The third-order valence-corrected chi connectivity index (χ3v) is 6.80. The number of anilines is 1. The number of amides is 1. The van der Waals surface area contributed by atoms with Crippen LogP contribution >= 0.6 is 0 Å². The zero-order chi connectivity index (χ0) is 26.1. The number of benzene rings is 1. The van der Waals surface area contributed by atoms with Gasteiger partial charge in [-0.2, -0.15) is 26.3 Å². The van der Waals surface area contributed by atoms with Gasteiger partial charge in [0.15, 0.2) is 0 Å². The molecule has 0 saturated carbocycles. The van der Waals surface area contributed by atoms with Crippen molar-refractivity contribution < 1.29 is 36.2 Å². The quantitative estimate of drug-likeness (QED) is 0.628. The highest BCUT2D eigenvalue weighted by molar-refractivity contribution is 5.78. The Labute approximate surface area is 204 Å². The van der Waals surface area contributed by atoms with E-state index >= 15 is 0 Å². The van der Waals surface area contributed by atoms with Gasteiger partial charge in [-0.25, -0.2) is 4.98 Å². The van der Waals surface area contributed by atoms with Crippen LogP contribution in [-0.4, -0.2) is 71.6 Å². The summed E-state index contributed by atoms with van der Waals surface area (Å²) in [4.78, 5) is 22.1. The first kappa shape index (κ1) is 26.2. The van der Waals surface area contributed by atoms with Crippen LogP contribution < -0.4 is 4.90 Å². The second kappa shape index (κ2) is 9.89. The van der Waals surface area contributed by atoms with Crippen molar-refractivity contribution >= 4 is 11.7 Å². The first-order valence-corrected chi connectivity index (χ1v) is 11.5. The summed E-state index contributed by atoms with van der Waals surface area (Å²) in [6.45, 7) is 2.65. The molecule has 3 heterocycles. The number of hydrogen-bond acceptors (Lipinski definition) is 5. The summed E-state index contributed by atoms with van der Waals surface area (Å²) in [5, 5.41) is 11.0. The predicted octanol–water partition coefficient (Wildman–Crippen LogP) is 3.75. The molecule has 0 bridgehead atoms. The number of carbonyl (C=O) groups is 1. The van der Waals surface area contributed by atoms with Crippen molar-refractivity contribution in [1.82, 2.24) is 14.8 Å². The van der Waals surface area contributed by atoms with E-state index in [4.69, 9.17) is 0 Å². The minimum absolute atomic E-state index is 0.132. The fourth-order valence-corrected chi connectivity index (χ4v) is 4.57. The van der Waals surface area contributed by atoms with Gasteiger partial charge in [0.05, 0.1) is 23.3 Å². The predicted molar refractivity (Wildman–Crippen MR) is 119 cm³/mol. The summed E-state index contributed by atoms with van der Waals surface area (Å²) in [6.07, 6.45) is -7.87. The Hall–Kier alpha value is -2.86. The highest BCUT2D eigenvalue weighted by atomic mass is 19.4. The van der Waals surface area contributed by atoms with Gasteiger partial charge in [0, 0.05) is 45.5 Å². The Bertz CT molecular complexity index is 1060. The van der Waals surface area contributed by atoms with Crippen LogP contribution in [0.1, 0.15) is 29.5 Å². The largest absolute Gasteiger partial charge is 0.417 e. The molecule has 0 aliphatic carbocycles. The highest BCUT2D eigenvalue weighted by Crippen LogP contribution is 2.37. The molecular weight excluding hydrogens is 490 g/mol. The van der Waals surface area contributed by atoms with E-state index in [0.717, 1.165) is 24.4 Å². The molecular formula is C24H26F6N4O2. The van der Waals surface area contributed by atoms with Crippen LogP contribution in [0, 0.1) is 0 Å². The van der Waals surface area contributed by atoms with E-state index in [0.29, 0.717) is 32.0 Å². The van der Waals surface area contributed by atoms with E-state index < -0.39 is 29.1 Å². The van der Waals surface area contributed by atoms with Gasteiger partial charge in [-0.05, 0) is 42.7 Å². The van der Waals surface area contributed by atoms with Crippen molar-refractivity contribution in [1.29, 1.82) is 0 Å². The number of likely N-dealkylation sites (tertiary alicyclic amines) is 1. The Balaban J connectivity index is 1.27. The first-order chi connectivity index (χ1) is 16.8. The molecule has 0 radical (unpaired) electrons. The molecule has 12 heteroatoms. The van der Waals surface area contributed by atoms with E-state index in [1.54, 1.807) is 4.90 Å². The molecule has 2 saturated heterocycles. The Morgan fingerprint density at radius 2 is 1.53 bits per heavy atom. The van der Waals surface area contributed by atoms with Gasteiger partial charge >= 0.3 is 12.4 Å². The molecule has 1 aromatic carbocycles. The maximum atomic E-state index is 13.0. The maximum absolute atomic E-state index is 13.0. The standard InChI is InChI=1S/C24H26F6N4O2/c25-23(26,27)18-3-1-2-17(14-18)22(36)6-8-34(9-7-22)21(35)16-32-10-12-33(13-11-32)20-5-4-19(15-31-20)24(28,29)30/h1-5,14-15,36H,6-13,16H2. The summed E-state index contributed by atoms with van der Waals surface area (Å²) in [7, 11) is 0. The van der Waals surface area contributed by atoms with E-state index in [1.165, 1.54) is 18.2 Å². The Morgan fingerprint density at radius 1 is 0.889 bits per heavy atom. The molecule has 1 N–H and O–H groups in total. The van der Waals surface area contributed by atoms with Gasteiger partial charge in [0.2, 0.25) is 5.91 Å². The van der Waals surface area contributed by atoms with Crippen molar-refractivity contribution in [3.05, 3.63) is 59.3 Å². The first-order valence-electron chi connectivity index (χ1n) is 11.5. The zero-order valence-electron chi connectivity index (χ0n) is 19.3. The summed E-state index contributed by atoms with van der Waals surface area (Å²) >= 11 is 0. The van der Waals surface area contributed by atoms with Crippen molar-refractivity contribution in [2.24, 2.45) is 0 Å². The minimum Gasteiger partial charge on any atom is -0.385 e. The fraction of sp³-hybridized carbons (Fsp3) is 0.500. The highest BCUT2D eigenvalue weighted by Gasteiger charge is 2.38. The third kappa shape index (κ3) is 5.92. The number of piperidine rings is 1. The van der Waals surface area contributed by atoms with Crippen LogP contribution in [0.25, 0.3) is 0 Å². The van der Waals surface area contributed by atoms with Crippen molar-refractivity contribution in [3.63, 3.8) is 0 Å². The number of carbonyl (C=O) groups excluding carboxylic acids is 1. The molecule has 2 aliphatic rings. The van der Waals surface area contributed by atoms with Gasteiger partial charge in [-0.3, -0.25) is 9.69 Å². The minimum atomic E-state index is -4.50. The number of alkyl halides is 6. The molecule has 1 aromatic heterocycles. The summed E-state index contributed by atoms with van der Waals surface area (Å²) in [5.41, 5.74) is -2.87. The summed E-state index contributed by atoms with van der Waals surface area (Å²) in [5.74, 6) is 0.307. The van der Waals surface area contributed by atoms with Crippen molar-refractivity contribution in [3.8, 4) is 0 Å². The number of aromatic nitrogens is 1. The van der Waals surface area contributed by atoms with Gasteiger partial charge in [-0.15, -0.1) is 0 Å². The lowest BCUT2D eigenvalue weighted by Gasteiger charge is -2.40. The Kier molecular flexibility index (Phi) is 7.20. The number of aliphatic hydroxyl groups is 1. The average molecular weight is 516 g/mol. The number of rotatable bonds is 4. The van der Waals surface area contributed by atoms with Crippen LogP contribution in [-0.2, 0) is 22.7 Å². The molecule has 2 fully saturated rings. The number of nitrogens with zero attached hydrogens (tertiary/aromatic N) is 4. The molecule has 2 aliphatic heterocycles. The average Bonchev–Trinajstić information content (AvgIpc) is 2.84.